The summed E-state index contributed by atoms with van der Waals surface area (Å²) in [5.41, 5.74) is -0.746. The van der Waals surface area contributed by atoms with Crippen molar-refractivity contribution in [2.45, 2.75) is 45.6 Å². The Labute approximate surface area is 126 Å². The number of esters is 1. The first kappa shape index (κ1) is 17.2. The maximum absolute atomic E-state index is 12.3. The van der Waals surface area contributed by atoms with Gasteiger partial charge in [-0.25, -0.2) is 4.79 Å². The van der Waals surface area contributed by atoms with E-state index in [4.69, 9.17) is 4.74 Å². The summed E-state index contributed by atoms with van der Waals surface area (Å²) in [5, 5.41) is 6.16. The van der Waals surface area contributed by atoms with Crippen LogP contribution >= 0.6 is 12.4 Å². The van der Waals surface area contributed by atoms with E-state index in [0.29, 0.717) is 6.61 Å². The first-order valence-electron chi connectivity index (χ1n) is 7.11. The maximum Gasteiger partial charge on any atom is 0.331 e. The summed E-state index contributed by atoms with van der Waals surface area (Å²) >= 11 is 0. The van der Waals surface area contributed by atoms with Crippen molar-refractivity contribution in [1.29, 1.82) is 0 Å². The number of carbonyl (C=O) groups is 2. The zero-order valence-corrected chi connectivity index (χ0v) is 13.3. The number of carbonyl (C=O) groups excluding carboxylic acids is 2. The number of ether oxygens (including phenoxy) is 1. The number of hydrogen-bond donors (Lipinski definition) is 2. The van der Waals surface area contributed by atoms with Crippen LogP contribution in [0.5, 0.6) is 0 Å². The van der Waals surface area contributed by atoms with E-state index < -0.39 is 5.54 Å². The molecule has 1 amide bonds. The van der Waals surface area contributed by atoms with Gasteiger partial charge in [0, 0.05) is 5.92 Å². The molecular formula is C14H25ClN2O3. The average Bonchev–Trinajstić information content (AvgIpc) is 3.04. The van der Waals surface area contributed by atoms with E-state index in [1.165, 1.54) is 0 Å². The average molecular weight is 305 g/mol. The highest BCUT2D eigenvalue weighted by Crippen LogP contribution is 2.58. The third-order valence-electron chi connectivity index (χ3n) is 4.33. The number of rotatable bonds is 4. The predicted molar refractivity (Wildman–Crippen MR) is 78.7 cm³/mol. The van der Waals surface area contributed by atoms with Crippen LogP contribution in [0.3, 0.4) is 0 Å². The minimum absolute atomic E-state index is 0. The Bertz CT molecular complexity index is 379. The van der Waals surface area contributed by atoms with Crippen LogP contribution in [0.2, 0.25) is 0 Å². The van der Waals surface area contributed by atoms with E-state index in [9.17, 15) is 9.59 Å². The van der Waals surface area contributed by atoms with Gasteiger partial charge in [-0.2, -0.15) is 0 Å². The van der Waals surface area contributed by atoms with Crippen LogP contribution in [-0.2, 0) is 14.3 Å². The summed E-state index contributed by atoms with van der Waals surface area (Å²) in [5.74, 6) is -0.299. The molecule has 1 atom stereocenters. The van der Waals surface area contributed by atoms with Crippen LogP contribution in [0.4, 0.5) is 0 Å². The molecule has 6 heteroatoms. The molecule has 1 heterocycles. The van der Waals surface area contributed by atoms with Crippen molar-refractivity contribution in [3.05, 3.63) is 0 Å². The number of hydrogen-bond acceptors (Lipinski definition) is 4. The number of piperidine rings is 1. The molecule has 0 aromatic carbocycles. The van der Waals surface area contributed by atoms with E-state index in [1.54, 1.807) is 20.8 Å². The lowest BCUT2D eigenvalue weighted by Gasteiger charge is -2.26. The second-order valence-corrected chi connectivity index (χ2v) is 6.20. The van der Waals surface area contributed by atoms with E-state index in [-0.39, 0.29) is 35.6 Å². The van der Waals surface area contributed by atoms with Gasteiger partial charge in [0.05, 0.1) is 6.61 Å². The fourth-order valence-electron chi connectivity index (χ4n) is 2.95. The number of halogens is 1. The highest BCUT2D eigenvalue weighted by Gasteiger charge is 2.58. The molecule has 5 nitrogen and oxygen atoms in total. The van der Waals surface area contributed by atoms with E-state index in [1.807, 2.05) is 0 Å². The summed E-state index contributed by atoms with van der Waals surface area (Å²) in [6.07, 6.45) is 3.08. The van der Waals surface area contributed by atoms with E-state index in [2.05, 4.69) is 10.6 Å². The van der Waals surface area contributed by atoms with Crippen LogP contribution in [0.1, 0.15) is 40.0 Å². The molecule has 0 aromatic rings. The molecule has 0 bridgehead atoms. The van der Waals surface area contributed by atoms with Gasteiger partial charge in [-0.15, -0.1) is 12.4 Å². The van der Waals surface area contributed by atoms with Crippen LogP contribution in [-0.4, -0.2) is 37.1 Å². The van der Waals surface area contributed by atoms with Gasteiger partial charge in [-0.3, -0.25) is 4.79 Å². The number of amides is 1. The lowest BCUT2D eigenvalue weighted by molar-refractivity contribution is -0.152. The van der Waals surface area contributed by atoms with Crippen molar-refractivity contribution >= 4 is 24.3 Å². The van der Waals surface area contributed by atoms with Crippen molar-refractivity contribution < 1.29 is 14.3 Å². The third kappa shape index (κ3) is 3.44. The van der Waals surface area contributed by atoms with Crippen molar-refractivity contribution in [2.75, 3.05) is 19.7 Å². The predicted octanol–water partition coefficient (Wildman–Crippen LogP) is 1.26. The molecule has 116 valence electrons. The normalized spacial score (nSPS) is 23.6. The summed E-state index contributed by atoms with van der Waals surface area (Å²) in [4.78, 5) is 24.0. The molecular weight excluding hydrogens is 280 g/mol. The topological polar surface area (TPSA) is 67.4 Å². The van der Waals surface area contributed by atoms with Crippen molar-refractivity contribution in [2.24, 2.45) is 11.3 Å². The third-order valence-corrected chi connectivity index (χ3v) is 4.33. The SMILES string of the molecule is CCOC(=O)C(C)(C)NC(=O)C1CC12CCNCC2.Cl. The Morgan fingerprint density at radius 1 is 1.35 bits per heavy atom. The minimum Gasteiger partial charge on any atom is -0.464 e. The maximum atomic E-state index is 12.3. The zero-order chi connectivity index (χ0) is 14.1. The van der Waals surface area contributed by atoms with Crippen LogP contribution < -0.4 is 10.6 Å². The first-order chi connectivity index (χ1) is 8.91. The molecule has 1 unspecified atom stereocenters. The molecule has 2 fully saturated rings. The summed E-state index contributed by atoms with van der Waals surface area (Å²) < 4.78 is 4.98. The molecule has 20 heavy (non-hydrogen) atoms. The molecule has 1 saturated heterocycles. The smallest absolute Gasteiger partial charge is 0.331 e. The highest BCUT2D eigenvalue weighted by atomic mass is 35.5. The molecule has 2 N–H and O–H groups in total. The lowest BCUT2D eigenvalue weighted by Crippen LogP contribution is -2.51. The van der Waals surface area contributed by atoms with Gasteiger partial charge in [-0.05, 0) is 58.5 Å². The quantitative estimate of drug-likeness (QED) is 0.767. The van der Waals surface area contributed by atoms with Crippen LogP contribution in [0.25, 0.3) is 0 Å². The Kier molecular flexibility index (Phi) is 5.44. The first-order valence-corrected chi connectivity index (χ1v) is 7.11. The fraction of sp³-hybridized carbons (Fsp3) is 0.857. The molecule has 0 aromatic heterocycles. The Morgan fingerprint density at radius 2 is 1.95 bits per heavy atom. The molecule has 1 aliphatic heterocycles. The van der Waals surface area contributed by atoms with Crippen LogP contribution in [0, 0.1) is 11.3 Å². The largest absolute Gasteiger partial charge is 0.464 e. The van der Waals surface area contributed by atoms with E-state index in [0.717, 1.165) is 32.4 Å². The fourth-order valence-corrected chi connectivity index (χ4v) is 2.95. The van der Waals surface area contributed by atoms with Gasteiger partial charge in [0.25, 0.3) is 0 Å². The van der Waals surface area contributed by atoms with Gasteiger partial charge in [-0.1, -0.05) is 0 Å². The summed E-state index contributed by atoms with van der Waals surface area (Å²) in [6.45, 7) is 7.47. The Morgan fingerprint density at radius 3 is 2.50 bits per heavy atom. The van der Waals surface area contributed by atoms with E-state index >= 15 is 0 Å². The molecule has 1 saturated carbocycles. The standard InChI is InChI=1S/C14H24N2O3.ClH/c1-4-19-12(18)13(2,3)16-11(17)10-9-14(10)5-7-15-8-6-14;/h10,15H,4-9H2,1-3H3,(H,16,17);1H. The molecule has 1 spiro atoms. The zero-order valence-electron chi connectivity index (χ0n) is 12.5. The Balaban J connectivity index is 0.00000200. The molecule has 2 rings (SSSR count). The minimum atomic E-state index is -0.941. The number of nitrogens with one attached hydrogen (secondary N) is 2. The second-order valence-electron chi connectivity index (χ2n) is 6.20. The Hall–Kier alpha value is -0.810. The van der Waals surface area contributed by atoms with Crippen molar-refractivity contribution in [3.8, 4) is 0 Å². The van der Waals surface area contributed by atoms with Crippen molar-refractivity contribution in [1.82, 2.24) is 10.6 Å². The lowest BCUT2D eigenvalue weighted by atomic mass is 9.91. The van der Waals surface area contributed by atoms with Gasteiger partial charge in [0.15, 0.2) is 0 Å². The van der Waals surface area contributed by atoms with Gasteiger partial charge in [0.1, 0.15) is 5.54 Å². The molecule has 0 radical (unpaired) electrons. The van der Waals surface area contributed by atoms with Gasteiger partial charge < -0.3 is 15.4 Å². The van der Waals surface area contributed by atoms with Crippen LogP contribution in [0.15, 0.2) is 0 Å². The molecule has 1 aliphatic carbocycles. The summed E-state index contributed by atoms with van der Waals surface area (Å²) in [7, 11) is 0. The van der Waals surface area contributed by atoms with Gasteiger partial charge >= 0.3 is 5.97 Å². The molecule has 2 aliphatic rings. The summed E-state index contributed by atoms with van der Waals surface area (Å²) in [6, 6.07) is 0. The highest BCUT2D eigenvalue weighted by molar-refractivity contribution is 5.90. The second kappa shape index (κ2) is 6.31. The van der Waals surface area contributed by atoms with Crippen molar-refractivity contribution in [3.63, 3.8) is 0 Å². The monoisotopic (exact) mass is 304 g/mol. The van der Waals surface area contributed by atoms with Gasteiger partial charge in [0.2, 0.25) is 5.91 Å².